The van der Waals surface area contributed by atoms with Gasteiger partial charge in [0.05, 0.1) is 25.1 Å². The van der Waals surface area contributed by atoms with Crippen LogP contribution in [0.15, 0.2) is 36.9 Å². The fourth-order valence-corrected chi connectivity index (χ4v) is 3.75. The van der Waals surface area contributed by atoms with Crippen molar-refractivity contribution in [3.63, 3.8) is 0 Å². The molecule has 2 aromatic heterocycles. The van der Waals surface area contributed by atoms with Gasteiger partial charge in [-0.1, -0.05) is 0 Å². The second-order valence-corrected chi connectivity index (χ2v) is 6.57. The summed E-state index contributed by atoms with van der Waals surface area (Å²) in [7, 11) is 0. The van der Waals surface area contributed by atoms with Crippen LogP contribution in [-0.2, 0) is 11.3 Å². The number of aromatic nitrogens is 3. The lowest BCUT2D eigenvalue weighted by atomic mass is 10.0. The van der Waals surface area contributed by atoms with Gasteiger partial charge in [-0.25, -0.2) is 14.4 Å². The van der Waals surface area contributed by atoms with Crippen LogP contribution in [0.2, 0.25) is 0 Å². The van der Waals surface area contributed by atoms with Gasteiger partial charge in [0.15, 0.2) is 5.82 Å². The Morgan fingerprint density at radius 2 is 1.84 bits per heavy atom. The summed E-state index contributed by atoms with van der Waals surface area (Å²) >= 11 is 0. The van der Waals surface area contributed by atoms with Gasteiger partial charge in [-0.2, -0.15) is 0 Å². The van der Waals surface area contributed by atoms with Crippen LogP contribution in [0.1, 0.15) is 18.4 Å². The first-order chi connectivity index (χ1) is 12.3. The molecule has 0 aliphatic carbocycles. The normalized spacial score (nSPS) is 24.6. The molecule has 4 rings (SSSR count). The number of hydrogen-bond acceptors (Lipinski definition) is 6. The highest BCUT2D eigenvalue weighted by molar-refractivity contribution is 5.29. The Labute approximate surface area is 146 Å². The summed E-state index contributed by atoms with van der Waals surface area (Å²) in [6, 6.07) is 4.52. The van der Waals surface area contributed by atoms with E-state index in [9.17, 15) is 4.39 Å². The van der Waals surface area contributed by atoms with E-state index in [1.165, 1.54) is 18.0 Å². The smallest absolute Gasteiger partial charge is 0.225 e. The highest BCUT2D eigenvalue weighted by Crippen LogP contribution is 2.26. The van der Waals surface area contributed by atoms with E-state index < -0.39 is 5.82 Å². The first kappa shape index (κ1) is 16.4. The van der Waals surface area contributed by atoms with Gasteiger partial charge in [-0.3, -0.25) is 9.88 Å². The summed E-state index contributed by atoms with van der Waals surface area (Å²) in [5, 5.41) is 0. The van der Waals surface area contributed by atoms with Crippen molar-refractivity contribution in [1.82, 2.24) is 19.9 Å². The molecule has 6 nitrogen and oxygen atoms in total. The maximum absolute atomic E-state index is 13.1. The molecule has 2 aliphatic rings. The van der Waals surface area contributed by atoms with Crippen molar-refractivity contribution in [2.24, 2.45) is 0 Å². The fourth-order valence-electron chi connectivity index (χ4n) is 3.75. The topological polar surface area (TPSA) is 54.4 Å². The van der Waals surface area contributed by atoms with Gasteiger partial charge < -0.3 is 9.64 Å². The van der Waals surface area contributed by atoms with E-state index in [1.54, 1.807) is 0 Å². The van der Waals surface area contributed by atoms with Gasteiger partial charge in [0, 0.05) is 44.6 Å². The molecule has 0 aromatic carbocycles. The van der Waals surface area contributed by atoms with E-state index in [4.69, 9.17) is 4.74 Å². The quantitative estimate of drug-likeness (QED) is 0.848. The Kier molecular flexibility index (Phi) is 4.85. The zero-order valence-electron chi connectivity index (χ0n) is 14.1. The van der Waals surface area contributed by atoms with Crippen molar-refractivity contribution in [2.45, 2.75) is 31.5 Å². The number of morpholine rings is 1. The van der Waals surface area contributed by atoms with Crippen LogP contribution in [0.5, 0.6) is 0 Å². The Morgan fingerprint density at radius 1 is 1.08 bits per heavy atom. The molecule has 0 saturated carbocycles. The minimum Gasteiger partial charge on any atom is -0.375 e. The van der Waals surface area contributed by atoms with Gasteiger partial charge in [0.25, 0.3) is 0 Å². The molecule has 2 saturated heterocycles. The lowest BCUT2D eigenvalue weighted by molar-refractivity contribution is -0.0746. The number of fused-ring (bicyclic) bond motifs is 1. The van der Waals surface area contributed by atoms with Crippen molar-refractivity contribution in [1.29, 1.82) is 0 Å². The van der Waals surface area contributed by atoms with Crippen molar-refractivity contribution in [2.75, 3.05) is 31.1 Å². The monoisotopic (exact) mass is 343 g/mol. The first-order valence-corrected chi connectivity index (χ1v) is 8.76. The predicted octanol–water partition coefficient (Wildman–Crippen LogP) is 1.88. The third-order valence-electron chi connectivity index (χ3n) is 5.01. The standard InChI is InChI=1S/C18H22FN5O/c19-15-11-21-18(22-12-15)23-7-3-16-17(4-8-23)25-10-9-24(16)13-14-1-5-20-6-2-14/h1-2,5-6,11-12,16-17H,3-4,7-10,13H2/t16-,17+/m0/s1. The number of ether oxygens (including phenoxy) is 1. The van der Waals surface area contributed by atoms with E-state index in [-0.39, 0.29) is 6.10 Å². The highest BCUT2D eigenvalue weighted by atomic mass is 19.1. The van der Waals surface area contributed by atoms with Crippen LogP contribution in [0.25, 0.3) is 0 Å². The van der Waals surface area contributed by atoms with Crippen LogP contribution in [-0.4, -0.2) is 58.2 Å². The first-order valence-electron chi connectivity index (χ1n) is 8.76. The second kappa shape index (κ2) is 7.41. The molecular weight excluding hydrogens is 321 g/mol. The van der Waals surface area contributed by atoms with Crippen molar-refractivity contribution in [3.8, 4) is 0 Å². The van der Waals surface area contributed by atoms with Crippen molar-refractivity contribution >= 4 is 5.95 Å². The Balaban J connectivity index is 1.46. The molecule has 0 amide bonds. The second-order valence-electron chi connectivity index (χ2n) is 6.57. The van der Waals surface area contributed by atoms with Crippen molar-refractivity contribution < 1.29 is 9.13 Å². The number of hydrogen-bond donors (Lipinski definition) is 0. The lowest BCUT2D eigenvalue weighted by Crippen LogP contribution is -2.50. The maximum Gasteiger partial charge on any atom is 0.225 e. The summed E-state index contributed by atoms with van der Waals surface area (Å²) in [4.78, 5) is 17.0. The van der Waals surface area contributed by atoms with E-state index in [2.05, 4.69) is 36.9 Å². The third kappa shape index (κ3) is 3.77. The zero-order valence-corrected chi connectivity index (χ0v) is 14.1. The Bertz CT molecular complexity index is 684. The number of rotatable bonds is 3. The molecule has 7 heteroatoms. The summed E-state index contributed by atoms with van der Waals surface area (Å²) in [5.41, 5.74) is 1.28. The van der Waals surface area contributed by atoms with E-state index in [1.807, 2.05) is 12.4 Å². The molecule has 0 N–H and O–H groups in total. The molecule has 0 bridgehead atoms. The van der Waals surface area contributed by atoms with Gasteiger partial charge in [-0.05, 0) is 30.5 Å². The van der Waals surface area contributed by atoms with Crippen LogP contribution in [0.4, 0.5) is 10.3 Å². The van der Waals surface area contributed by atoms with Crippen LogP contribution < -0.4 is 4.90 Å². The average Bonchev–Trinajstić information content (AvgIpc) is 2.87. The largest absolute Gasteiger partial charge is 0.375 e. The molecule has 0 unspecified atom stereocenters. The van der Waals surface area contributed by atoms with Crippen LogP contribution in [0.3, 0.4) is 0 Å². The zero-order chi connectivity index (χ0) is 17.1. The van der Waals surface area contributed by atoms with Gasteiger partial charge in [-0.15, -0.1) is 0 Å². The average molecular weight is 343 g/mol. The summed E-state index contributed by atoms with van der Waals surface area (Å²) < 4.78 is 19.1. The van der Waals surface area contributed by atoms with Gasteiger partial charge >= 0.3 is 0 Å². The highest BCUT2D eigenvalue weighted by Gasteiger charge is 2.35. The molecule has 2 atom stereocenters. The van der Waals surface area contributed by atoms with Crippen LogP contribution >= 0.6 is 0 Å². The van der Waals surface area contributed by atoms with E-state index in [0.29, 0.717) is 12.0 Å². The van der Waals surface area contributed by atoms with Gasteiger partial charge in [0.2, 0.25) is 5.95 Å². The van der Waals surface area contributed by atoms with Crippen molar-refractivity contribution in [3.05, 3.63) is 48.3 Å². The molecule has 0 spiro atoms. The molecule has 132 valence electrons. The number of anilines is 1. The maximum atomic E-state index is 13.1. The number of halogens is 1. The molecule has 2 aliphatic heterocycles. The Morgan fingerprint density at radius 3 is 2.64 bits per heavy atom. The fraction of sp³-hybridized carbons (Fsp3) is 0.500. The number of pyridine rings is 1. The minimum absolute atomic E-state index is 0.223. The summed E-state index contributed by atoms with van der Waals surface area (Å²) in [5.74, 6) is 0.194. The SMILES string of the molecule is Fc1cnc(N2CC[C@H]3OCCN(Cc4ccncc4)[C@H]3CC2)nc1. The van der Waals surface area contributed by atoms with E-state index >= 15 is 0 Å². The van der Waals surface area contributed by atoms with Gasteiger partial charge in [0.1, 0.15) is 0 Å². The van der Waals surface area contributed by atoms with Crippen LogP contribution in [0, 0.1) is 5.82 Å². The molecule has 25 heavy (non-hydrogen) atoms. The third-order valence-corrected chi connectivity index (χ3v) is 5.01. The van der Waals surface area contributed by atoms with E-state index in [0.717, 1.165) is 45.6 Å². The summed E-state index contributed by atoms with van der Waals surface area (Å²) in [6.45, 7) is 4.30. The molecular formula is C18H22FN5O. The molecule has 4 heterocycles. The lowest BCUT2D eigenvalue weighted by Gasteiger charge is -2.40. The summed E-state index contributed by atoms with van der Waals surface area (Å²) in [6.07, 6.45) is 8.27. The molecule has 0 radical (unpaired) electrons. The minimum atomic E-state index is -0.404. The molecule has 2 fully saturated rings. The Hall–Kier alpha value is -2.12. The molecule has 2 aromatic rings. The predicted molar refractivity (Wildman–Crippen MR) is 91.6 cm³/mol. The number of nitrogens with zero attached hydrogens (tertiary/aromatic N) is 5.